The number of pyridine rings is 1. The van der Waals surface area contributed by atoms with Crippen molar-refractivity contribution >= 4 is 44.9 Å². The summed E-state index contributed by atoms with van der Waals surface area (Å²) in [7, 11) is 0. The molecule has 352 valence electrons. The van der Waals surface area contributed by atoms with E-state index >= 15 is 35.1 Å². The van der Waals surface area contributed by atoms with Crippen LogP contribution >= 0.6 is 0 Å². The molecule has 0 amide bonds. The van der Waals surface area contributed by atoms with E-state index in [0.717, 1.165) is 16.5 Å². The molecule has 0 saturated heterocycles. The first-order chi connectivity index (χ1) is 32.0. The monoisotopic (exact) mass is 982 g/mol. The van der Waals surface area contributed by atoms with Crippen LogP contribution in [0.2, 0.25) is 0 Å². The van der Waals surface area contributed by atoms with Crippen LogP contribution in [0.4, 0.5) is 87.8 Å². The molecule has 0 unspecified atom stereocenters. The first-order valence-corrected chi connectivity index (χ1v) is 18.2. The number of nitriles is 1. The Labute approximate surface area is 365 Å². The normalized spacial score (nSPS) is 11.4. The maximum atomic E-state index is 15.4. The van der Waals surface area contributed by atoms with Crippen molar-refractivity contribution in [2.45, 2.75) is 6.54 Å². The highest BCUT2D eigenvalue weighted by Crippen LogP contribution is 2.31. The van der Waals surface area contributed by atoms with E-state index in [9.17, 15) is 57.5 Å². The lowest BCUT2D eigenvalue weighted by Crippen LogP contribution is -2.81. The van der Waals surface area contributed by atoms with Crippen LogP contribution in [0.1, 0.15) is 16.1 Å². The number of rotatable bonds is 8. The summed E-state index contributed by atoms with van der Waals surface area (Å²) in [6, 6.07) is 23.2. The zero-order valence-corrected chi connectivity index (χ0v) is 32.6. The maximum Gasteiger partial charge on any atom is 0.404 e. The van der Waals surface area contributed by atoms with E-state index in [1.807, 2.05) is 71.3 Å². The minimum atomic E-state index is -7.22. The molecule has 68 heavy (non-hydrogen) atoms. The van der Waals surface area contributed by atoms with Gasteiger partial charge >= 0.3 is 5.97 Å². The van der Waals surface area contributed by atoms with Crippen LogP contribution in [-0.4, -0.2) is 18.7 Å². The molecule has 1 heterocycles. The van der Waals surface area contributed by atoms with Crippen LogP contribution in [-0.2, 0) is 11.3 Å². The molecule has 0 fully saturated rings. The number of hydrogen-bond acceptors (Lipinski definition) is 3. The number of halogens is 20. The third kappa shape index (κ3) is 7.85. The molecule has 0 atom stereocenters. The zero-order valence-electron chi connectivity index (χ0n) is 32.6. The Balaban J connectivity index is 0.000000276. The van der Waals surface area contributed by atoms with E-state index in [-0.39, 0.29) is 6.61 Å². The highest BCUT2D eigenvalue weighted by molar-refractivity contribution is 7.20. The van der Waals surface area contributed by atoms with Crippen LogP contribution in [0, 0.1) is 128 Å². The number of aromatic nitrogens is 1. The summed E-state index contributed by atoms with van der Waals surface area (Å²) >= 11 is 0. The van der Waals surface area contributed by atoms with Crippen LogP contribution in [0.5, 0.6) is 0 Å². The molecule has 0 aliphatic heterocycles. The molecule has 0 spiro atoms. The van der Waals surface area contributed by atoms with Gasteiger partial charge in [0.25, 0.3) is 5.69 Å². The molecule has 0 N–H and O–H groups in total. The summed E-state index contributed by atoms with van der Waals surface area (Å²) in [5.41, 5.74) is -11.9. The van der Waals surface area contributed by atoms with Gasteiger partial charge in [-0.15, -0.1) is 21.9 Å². The average molecular weight is 982 g/mol. The van der Waals surface area contributed by atoms with Crippen LogP contribution in [0.25, 0.3) is 10.9 Å². The minimum absolute atomic E-state index is 0.253. The van der Waals surface area contributed by atoms with Crippen molar-refractivity contribution in [2.24, 2.45) is 0 Å². The Bertz CT molecular complexity index is 2880. The van der Waals surface area contributed by atoms with Crippen molar-refractivity contribution in [2.75, 3.05) is 6.61 Å². The van der Waals surface area contributed by atoms with Gasteiger partial charge in [0.05, 0.1) is 0 Å². The number of benzene rings is 6. The third-order valence-corrected chi connectivity index (χ3v) is 10.3. The largest absolute Gasteiger partial charge is 0.442 e. The predicted octanol–water partition coefficient (Wildman–Crippen LogP) is 8.70. The summed E-state index contributed by atoms with van der Waals surface area (Å²) in [6.45, 7) is 0.302. The van der Waals surface area contributed by atoms with Crippen molar-refractivity contribution in [3.8, 4) is 6.07 Å². The van der Waals surface area contributed by atoms with Crippen molar-refractivity contribution in [3.05, 3.63) is 194 Å². The summed E-state index contributed by atoms with van der Waals surface area (Å²) in [5.74, 6) is -71.9. The Morgan fingerprint density at radius 2 is 0.735 bits per heavy atom. The van der Waals surface area contributed by atoms with E-state index in [1.165, 1.54) is 0 Å². The SMILES string of the molecule is Fc1c(F)c(F)c([B-](c2c(F)c(F)c(F)c(F)c2F)(c2c(F)c(F)c(F)c(F)c2F)c2c(F)c(F)c(F)c(F)c2F)c(F)c1F.N#CCOC(=O)c1ccc2ccccc2[n+]1Cc1ccccc1. The van der Waals surface area contributed by atoms with E-state index in [0.29, 0.717) is 12.2 Å². The highest BCUT2D eigenvalue weighted by atomic mass is 19.2. The molecule has 4 nitrogen and oxygen atoms in total. The highest BCUT2D eigenvalue weighted by Gasteiger charge is 2.52. The Hall–Kier alpha value is -7.65. The van der Waals surface area contributed by atoms with Gasteiger partial charge in [-0.1, -0.05) is 42.5 Å². The van der Waals surface area contributed by atoms with Crippen LogP contribution in [0.15, 0.2) is 66.7 Å². The molecular weight excluding hydrogens is 967 g/mol. The van der Waals surface area contributed by atoms with Crippen molar-refractivity contribution in [1.29, 1.82) is 5.26 Å². The van der Waals surface area contributed by atoms with Gasteiger partial charge in [0.2, 0.25) is 5.52 Å². The van der Waals surface area contributed by atoms with Crippen LogP contribution < -0.4 is 26.4 Å². The summed E-state index contributed by atoms with van der Waals surface area (Å²) < 4.78 is 301. The van der Waals surface area contributed by atoms with Gasteiger partial charge in [0.15, 0.2) is 83.0 Å². The molecular formula is C43H15BF20N2O2. The zero-order chi connectivity index (χ0) is 50.4. The number of esters is 1. The summed E-state index contributed by atoms with van der Waals surface area (Å²) in [6.07, 6.45) is -7.22. The fraction of sp³-hybridized carbons (Fsp3) is 0.0465. The average Bonchev–Trinajstić information content (AvgIpc) is 3.33. The summed E-state index contributed by atoms with van der Waals surface area (Å²) in [5, 5.41) is 9.65. The fourth-order valence-corrected chi connectivity index (χ4v) is 7.42. The number of hydrogen-bond donors (Lipinski definition) is 0. The Morgan fingerprint density at radius 3 is 1.07 bits per heavy atom. The molecule has 7 rings (SSSR count). The van der Waals surface area contributed by atoms with Crippen LogP contribution in [0.3, 0.4) is 0 Å². The summed E-state index contributed by atoms with van der Waals surface area (Å²) in [4.78, 5) is 12.3. The van der Waals surface area contributed by atoms with Gasteiger partial charge in [-0.05, 0) is 12.1 Å². The Kier molecular flexibility index (Phi) is 13.9. The van der Waals surface area contributed by atoms with Gasteiger partial charge in [0, 0.05) is 23.1 Å². The molecule has 0 aliphatic carbocycles. The van der Waals surface area contributed by atoms with Gasteiger partial charge < -0.3 is 4.74 Å². The third-order valence-electron chi connectivity index (χ3n) is 10.3. The molecule has 6 aromatic carbocycles. The van der Waals surface area contributed by atoms with Crippen molar-refractivity contribution in [1.82, 2.24) is 0 Å². The van der Waals surface area contributed by atoms with E-state index in [4.69, 9.17) is 10.00 Å². The standard InChI is InChI=1S/C24BF20.C19H15N2O2/c26-5-1(6(27)14(35)21(42)13(5)34)25(2-7(28)15(36)22(43)16(37)8(2)29,3-9(30)17(38)23(44)18(39)10(3)31)4-11(32)19(40)24(45)20(41)12(4)33;20-12-13-23-19(22)18-11-10-16-8-4-5-9-17(16)21(18)14-15-6-2-1-3-7-15/h;1-11H,13-14H2/q-1;+1. The number of carbonyl (C=O) groups excluding carboxylic acids is 1. The lowest BCUT2D eigenvalue weighted by atomic mass is 9.12. The molecule has 0 saturated carbocycles. The molecule has 7 aromatic rings. The number of nitrogens with zero attached hydrogens (tertiary/aromatic N) is 2. The second-order valence-electron chi connectivity index (χ2n) is 13.9. The number of ether oxygens (including phenoxy) is 1. The predicted molar refractivity (Wildman–Crippen MR) is 195 cm³/mol. The number of para-hydroxylation sites is 1. The van der Waals surface area contributed by atoms with E-state index in [1.54, 1.807) is 6.07 Å². The maximum absolute atomic E-state index is 15.4. The lowest BCUT2D eigenvalue weighted by molar-refractivity contribution is -0.665. The molecule has 0 radical (unpaired) electrons. The molecule has 25 heteroatoms. The minimum Gasteiger partial charge on any atom is -0.442 e. The van der Waals surface area contributed by atoms with Crippen molar-refractivity contribution < 1.29 is 102 Å². The molecule has 0 bridgehead atoms. The number of fused-ring (bicyclic) bond motifs is 1. The Morgan fingerprint density at radius 1 is 0.426 bits per heavy atom. The topological polar surface area (TPSA) is 54.0 Å². The lowest BCUT2D eigenvalue weighted by Gasteiger charge is -2.44. The first-order valence-electron chi connectivity index (χ1n) is 18.2. The second-order valence-corrected chi connectivity index (χ2v) is 13.9. The van der Waals surface area contributed by atoms with Gasteiger partial charge in [-0.3, -0.25) is 0 Å². The smallest absolute Gasteiger partial charge is 0.404 e. The first kappa shape index (κ1) is 49.8. The number of carbonyl (C=O) groups is 1. The van der Waals surface area contributed by atoms with E-state index in [2.05, 4.69) is 0 Å². The van der Waals surface area contributed by atoms with E-state index < -0.39 is 150 Å². The van der Waals surface area contributed by atoms with Gasteiger partial charge in [-0.25, -0.2) is 92.6 Å². The van der Waals surface area contributed by atoms with Gasteiger partial charge in [0.1, 0.15) is 58.8 Å². The van der Waals surface area contributed by atoms with Crippen molar-refractivity contribution in [3.63, 3.8) is 0 Å². The molecule has 0 aliphatic rings. The quantitative estimate of drug-likeness (QED) is 0.0383. The second kappa shape index (κ2) is 18.9. The molecule has 1 aromatic heterocycles. The van der Waals surface area contributed by atoms with Gasteiger partial charge in [-0.2, -0.15) is 9.83 Å². The fourth-order valence-electron chi connectivity index (χ4n) is 7.42.